The number of benzene rings is 6. The predicted octanol–water partition coefficient (Wildman–Crippen LogP) is 13.0. The molecule has 0 atom stereocenters. The number of fused-ring (bicyclic) bond motifs is 3. The van der Waals surface area contributed by atoms with Crippen LogP contribution in [0.25, 0.3) is 33.4 Å². The lowest BCUT2D eigenvalue weighted by Crippen LogP contribution is -2.48. The maximum Gasteiger partial charge on any atom is 0.0647 e. The largest absolute Gasteiger partial charge is 0.310 e. The molecule has 0 saturated heterocycles. The third kappa shape index (κ3) is 5.56. The minimum Gasteiger partial charge on any atom is -0.310 e. The van der Waals surface area contributed by atoms with Crippen LogP contribution in [0.3, 0.4) is 0 Å². The molecular formula is C51H51NSi. The van der Waals surface area contributed by atoms with Gasteiger partial charge in [-0.3, -0.25) is 0 Å². The molecule has 0 N–H and O–H groups in total. The van der Waals surface area contributed by atoms with Crippen LogP contribution in [0.1, 0.15) is 69.1 Å². The van der Waals surface area contributed by atoms with E-state index in [4.69, 9.17) is 0 Å². The molecule has 264 valence electrons. The summed E-state index contributed by atoms with van der Waals surface area (Å²) in [5.74, 6) is 2.91. The van der Waals surface area contributed by atoms with E-state index in [0.29, 0.717) is 5.41 Å². The fourth-order valence-electron chi connectivity index (χ4n) is 11.4. The second-order valence-electron chi connectivity index (χ2n) is 17.9. The van der Waals surface area contributed by atoms with Crippen molar-refractivity contribution < 1.29 is 0 Å². The van der Waals surface area contributed by atoms with Crippen LogP contribution in [0.15, 0.2) is 140 Å². The van der Waals surface area contributed by atoms with Crippen LogP contribution in [0, 0.1) is 17.8 Å². The zero-order chi connectivity index (χ0) is 35.9. The van der Waals surface area contributed by atoms with Crippen LogP contribution >= 0.6 is 0 Å². The first kappa shape index (κ1) is 32.9. The molecule has 0 aromatic heterocycles. The highest BCUT2D eigenvalue weighted by molar-refractivity contribution is 6.70. The molecule has 0 heterocycles. The zero-order valence-electron chi connectivity index (χ0n) is 31.8. The van der Waals surface area contributed by atoms with Crippen molar-refractivity contribution in [1.29, 1.82) is 0 Å². The summed E-state index contributed by atoms with van der Waals surface area (Å²) >= 11 is 0. The van der Waals surface area contributed by atoms with Gasteiger partial charge in [-0.05, 0) is 148 Å². The van der Waals surface area contributed by atoms with Crippen molar-refractivity contribution in [2.24, 2.45) is 17.8 Å². The van der Waals surface area contributed by atoms with Crippen LogP contribution in [-0.2, 0) is 10.8 Å². The first-order valence-electron chi connectivity index (χ1n) is 20.2. The first-order chi connectivity index (χ1) is 25.7. The molecule has 4 saturated carbocycles. The number of anilines is 3. The summed E-state index contributed by atoms with van der Waals surface area (Å²) in [6.07, 6.45) is 8.74. The Morgan fingerprint density at radius 3 is 1.47 bits per heavy atom. The Morgan fingerprint density at radius 1 is 0.491 bits per heavy atom. The molecule has 0 spiro atoms. The van der Waals surface area contributed by atoms with Gasteiger partial charge in [0.1, 0.15) is 0 Å². The Bertz CT molecular complexity index is 2260. The Balaban J connectivity index is 0.991. The Labute approximate surface area is 318 Å². The molecule has 5 aliphatic rings. The first-order valence-corrected chi connectivity index (χ1v) is 23.1. The van der Waals surface area contributed by atoms with Gasteiger partial charge in [0.15, 0.2) is 0 Å². The van der Waals surface area contributed by atoms with Crippen molar-refractivity contribution >= 4 is 31.0 Å². The van der Waals surface area contributed by atoms with Gasteiger partial charge in [-0.1, -0.05) is 135 Å². The average Bonchev–Trinajstić information content (AvgIpc) is 3.40. The highest BCUT2D eigenvalue weighted by Gasteiger charge is 2.51. The van der Waals surface area contributed by atoms with Gasteiger partial charge in [0.25, 0.3) is 0 Å². The molecule has 0 radical (unpaired) electrons. The van der Waals surface area contributed by atoms with Crippen molar-refractivity contribution in [3.05, 3.63) is 156 Å². The SMILES string of the molecule is C[SiH](C)c1ccc(-c2ccc(N(c3ccc(-c4ccc(C56CC7CC(CC(C7)C5)C6)cc4)cc3)c3ccc4c(c3)C(C)(C)c3ccccc3-4)cc2)cc1. The highest BCUT2D eigenvalue weighted by atomic mass is 28.3. The maximum absolute atomic E-state index is 2.48. The Kier molecular flexibility index (Phi) is 7.74. The van der Waals surface area contributed by atoms with E-state index < -0.39 is 8.80 Å². The fourth-order valence-corrected chi connectivity index (χ4v) is 12.4. The molecule has 1 nitrogen and oxygen atoms in total. The van der Waals surface area contributed by atoms with E-state index in [0.717, 1.165) is 17.8 Å². The topological polar surface area (TPSA) is 3.24 Å². The number of hydrogen-bond acceptors (Lipinski definition) is 1. The van der Waals surface area contributed by atoms with E-state index in [1.165, 1.54) is 105 Å². The van der Waals surface area contributed by atoms with Gasteiger partial charge in [-0.25, -0.2) is 0 Å². The van der Waals surface area contributed by atoms with Crippen LogP contribution < -0.4 is 10.1 Å². The highest BCUT2D eigenvalue weighted by Crippen LogP contribution is 2.61. The number of hydrogen-bond donors (Lipinski definition) is 0. The second kappa shape index (κ2) is 12.5. The minimum absolute atomic E-state index is 0.0608. The van der Waals surface area contributed by atoms with E-state index >= 15 is 0 Å². The van der Waals surface area contributed by atoms with E-state index in [1.54, 1.807) is 5.56 Å². The van der Waals surface area contributed by atoms with Crippen LogP contribution in [0.5, 0.6) is 0 Å². The fraction of sp³-hybridized carbons (Fsp3) is 0.294. The average molecular weight is 706 g/mol. The molecule has 4 fully saturated rings. The Hall–Kier alpha value is -4.66. The molecule has 53 heavy (non-hydrogen) atoms. The summed E-state index contributed by atoms with van der Waals surface area (Å²) in [7, 11) is -0.815. The third-order valence-corrected chi connectivity index (χ3v) is 15.6. The lowest BCUT2D eigenvalue weighted by Gasteiger charge is -2.57. The lowest BCUT2D eigenvalue weighted by molar-refractivity contribution is -0.00518. The van der Waals surface area contributed by atoms with Crippen LogP contribution in [0.4, 0.5) is 17.1 Å². The van der Waals surface area contributed by atoms with Crippen molar-refractivity contribution in [2.75, 3.05) is 4.90 Å². The van der Waals surface area contributed by atoms with Gasteiger partial charge < -0.3 is 4.90 Å². The molecule has 11 rings (SSSR count). The standard InChI is InChI=1S/C51H51NSi/c1-50(2)48-8-6-5-7-46(48)47-26-23-44(30-49(47)50)52(43-21-13-39(14-22-43)40-15-24-45(25-16-40)53(3)4)42-19-11-38(12-20-42)37-9-17-41(18-10-37)51-31-34-27-35(32-51)29-36(28-34)33-51/h5-26,30,34-36,53H,27-29,31-33H2,1-4H3. The van der Waals surface area contributed by atoms with E-state index in [-0.39, 0.29) is 5.41 Å². The monoisotopic (exact) mass is 705 g/mol. The molecule has 6 aromatic carbocycles. The maximum atomic E-state index is 2.48. The van der Waals surface area contributed by atoms with E-state index in [9.17, 15) is 0 Å². The summed E-state index contributed by atoms with van der Waals surface area (Å²) < 4.78 is 0. The zero-order valence-corrected chi connectivity index (χ0v) is 32.9. The van der Waals surface area contributed by atoms with Crippen molar-refractivity contribution in [3.63, 3.8) is 0 Å². The third-order valence-electron chi connectivity index (χ3n) is 13.9. The summed E-state index contributed by atoms with van der Waals surface area (Å²) in [6.45, 7) is 9.53. The van der Waals surface area contributed by atoms with Crippen molar-refractivity contribution in [2.45, 2.75) is 76.3 Å². The molecule has 0 aliphatic heterocycles. The molecule has 4 bridgehead atoms. The molecule has 0 unspecified atom stereocenters. The van der Waals surface area contributed by atoms with Gasteiger partial charge in [0.2, 0.25) is 0 Å². The molecular weight excluding hydrogens is 655 g/mol. The lowest BCUT2D eigenvalue weighted by atomic mass is 9.48. The summed E-state index contributed by atoms with van der Waals surface area (Å²) in [5.41, 5.74) is 16.1. The molecule has 6 aromatic rings. The van der Waals surface area contributed by atoms with Gasteiger partial charge in [0, 0.05) is 22.5 Å². The predicted molar refractivity (Wildman–Crippen MR) is 228 cm³/mol. The van der Waals surface area contributed by atoms with Gasteiger partial charge in [-0.2, -0.15) is 0 Å². The van der Waals surface area contributed by atoms with Crippen molar-refractivity contribution in [1.82, 2.24) is 0 Å². The van der Waals surface area contributed by atoms with Crippen LogP contribution in [0.2, 0.25) is 13.1 Å². The summed E-state index contributed by atoms with van der Waals surface area (Å²) in [5, 5.41) is 1.51. The Morgan fingerprint density at radius 2 is 0.943 bits per heavy atom. The van der Waals surface area contributed by atoms with E-state index in [1.807, 2.05) is 0 Å². The van der Waals surface area contributed by atoms with Gasteiger partial charge in [-0.15, -0.1) is 0 Å². The number of rotatable bonds is 7. The van der Waals surface area contributed by atoms with Crippen LogP contribution in [-0.4, -0.2) is 8.80 Å². The molecule has 0 amide bonds. The smallest absolute Gasteiger partial charge is 0.0647 e. The van der Waals surface area contributed by atoms with Crippen molar-refractivity contribution in [3.8, 4) is 33.4 Å². The number of nitrogens with zero attached hydrogens (tertiary/aromatic N) is 1. The normalized spacial score (nSPS) is 23.2. The summed E-state index contributed by atoms with van der Waals surface area (Å²) in [6, 6.07) is 53.5. The van der Waals surface area contributed by atoms with Gasteiger partial charge >= 0.3 is 0 Å². The summed E-state index contributed by atoms with van der Waals surface area (Å²) in [4.78, 5) is 2.44. The second-order valence-corrected chi connectivity index (χ2v) is 20.9. The molecule has 2 heteroatoms. The van der Waals surface area contributed by atoms with E-state index in [2.05, 4.69) is 171 Å². The molecule has 5 aliphatic carbocycles. The van der Waals surface area contributed by atoms with Gasteiger partial charge in [0.05, 0.1) is 8.80 Å². The quantitative estimate of drug-likeness (QED) is 0.149. The minimum atomic E-state index is -0.815.